The molecular weight excluding hydrogens is 234 g/mol. The van der Waals surface area contributed by atoms with Crippen molar-refractivity contribution in [2.45, 2.75) is 44.6 Å². The van der Waals surface area contributed by atoms with Crippen LogP contribution in [0.5, 0.6) is 0 Å². The Morgan fingerprint density at radius 1 is 1.67 bits per heavy atom. The molecule has 1 aliphatic heterocycles. The molecule has 0 radical (unpaired) electrons. The van der Waals surface area contributed by atoms with Crippen LogP contribution < -0.4 is 0 Å². The summed E-state index contributed by atoms with van der Waals surface area (Å²) >= 11 is 3.44. The van der Waals surface area contributed by atoms with Crippen LogP contribution in [0.15, 0.2) is 0 Å². The molecule has 1 N–H and O–H groups in total. The highest BCUT2D eigenvalue weighted by Crippen LogP contribution is 2.47. The Morgan fingerprint density at radius 3 is 3.00 bits per heavy atom. The van der Waals surface area contributed by atoms with Gasteiger partial charge in [-0.2, -0.15) is 0 Å². The molecule has 1 rings (SSSR count). The molecule has 0 aromatic rings. The van der Waals surface area contributed by atoms with E-state index in [0.717, 1.165) is 20.1 Å². The summed E-state index contributed by atoms with van der Waals surface area (Å²) in [5.41, 5.74) is 0. The van der Waals surface area contributed by atoms with Crippen LogP contribution in [0.4, 0.5) is 0 Å². The fourth-order valence-electron chi connectivity index (χ4n) is 1.73. The van der Waals surface area contributed by atoms with Gasteiger partial charge in [0.2, 0.25) is 0 Å². The smallest absolute Gasteiger partial charge is 0.381 e. The molecule has 15 heavy (non-hydrogen) atoms. The Morgan fingerprint density at radius 2 is 2.40 bits per heavy atom. The molecule has 1 aliphatic rings. The number of rotatable bonds is 6. The SMILES string of the molecule is CCCB[C@H]1CC[C@@H](COP(=O)(O)S)O1. The Labute approximate surface area is 96.7 Å². The minimum absolute atomic E-state index is 0.0421. The number of hydrogen-bond acceptors (Lipinski definition) is 3. The van der Waals surface area contributed by atoms with Crippen molar-refractivity contribution in [2.75, 3.05) is 6.61 Å². The summed E-state index contributed by atoms with van der Waals surface area (Å²) in [5, 5.41) is 0. The van der Waals surface area contributed by atoms with Crippen molar-refractivity contribution in [3.05, 3.63) is 0 Å². The lowest BCUT2D eigenvalue weighted by Crippen LogP contribution is -2.20. The number of hydrogen-bond donors (Lipinski definition) is 2. The fourth-order valence-corrected chi connectivity index (χ4v) is 2.29. The van der Waals surface area contributed by atoms with Gasteiger partial charge in [-0.3, -0.25) is 4.52 Å². The van der Waals surface area contributed by atoms with E-state index in [9.17, 15) is 4.57 Å². The highest BCUT2D eigenvalue weighted by Gasteiger charge is 2.27. The minimum atomic E-state index is -3.64. The minimum Gasteiger partial charge on any atom is -0.381 e. The van der Waals surface area contributed by atoms with Crippen molar-refractivity contribution >= 4 is 26.3 Å². The van der Waals surface area contributed by atoms with Gasteiger partial charge in [0.05, 0.1) is 12.7 Å². The van der Waals surface area contributed by atoms with Crippen LogP contribution in [0.25, 0.3) is 0 Å². The Balaban J connectivity index is 2.16. The molecule has 1 fully saturated rings. The maximum absolute atomic E-state index is 10.8. The van der Waals surface area contributed by atoms with Gasteiger partial charge in [-0.15, -0.1) is 0 Å². The van der Waals surface area contributed by atoms with E-state index in [1.165, 1.54) is 12.7 Å². The van der Waals surface area contributed by atoms with Crippen LogP contribution in [0.3, 0.4) is 0 Å². The van der Waals surface area contributed by atoms with Gasteiger partial charge >= 0.3 is 6.80 Å². The van der Waals surface area contributed by atoms with Crippen molar-refractivity contribution < 1.29 is 18.7 Å². The van der Waals surface area contributed by atoms with E-state index in [4.69, 9.17) is 14.2 Å². The molecule has 3 atom stereocenters. The van der Waals surface area contributed by atoms with Gasteiger partial charge in [-0.05, 0) is 12.8 Å². The highest BCUT2D eigenvalue weighted by molar-refractivity contribution is 8.44. The van der Waals surface area contributed by atoms with Crippen LogP contribution in [0.2, 0.25) is 6.32 Å². The summed E-state index contributed by atoms with van der Waals surface area (Å²) in [6, 6.07) is 0.302. The molecule has 0 aromatic heterocycles. The number of thiol groups is 1. The van der Waals surface area contributed by atoms with E-state index in [0.29, 0.717) is 6.00 Å². The predicted molar refractivity (Wildman–Crippen MR) is 64.9 cm³/mol. The van der Waals surface area contributed by atoms with Gasteiger partial charge in [0, 0.05) is 6.00 Å². The molecule has 88 valence electrons. The lowest BCUT2D eigenvalue weighted by atomic mass is 9.66. The van der Waals surface area contributed by atoms with Crippen molar-refractivity contribution in [1.82, 2.24) is 0 Å². The first-order chi connectivity index (χ1) is 7.01. The molecule has 1 unspecified atom stereocenters. The van der Waals surface area contributed by atoms with E-state index in [2.05, 4.69) is 19.2 Å². The fraction of sp³-hybridized carbons (Fsp3) is 1.00. The Hall–Kier alpha value is 0.525. The molecule has 0 aliphatic carbocycles. The summed E-state index contributed by atoms with van der Waals surface area (Å²) in [6.45, 7) is -1.33. The predicted octanol–water partition coefficient (Wildman–Crippen LogP) is 1.80. The molecule has 0 aromatic carbocycles. The topological polar surface area (TPSA) is 55.8 Å². The number of ether oxygens (including phenoxy) is 1. The monoisotopic (exact) mass is 252 g/mol. The molecule has 0 amide bonds. The zero-order chi connectivity index (χ0) is 11.3. The first-order valence-electron chi connectivity index (χ1n) is 5.37. The molecular formula is C8H18BO4PS. The van der Waals surface area contributed by atoms with Gasteiger partial charge in [0.15, 0.2) is 7.28 Å². The van der Waals surface area contributed by atoms with Crippen LogP contribution >= 0.6 is 19.0 Å². The van der Waals surface area contributed by atoms with Crippen LogP contribution in [0.1, 0.15) is 26.2 Å². The lowest BCUT2D eigenvalue weighted by molar-refractivity contribution is 0.0479. The average molecular weight is 252 g/mol. The molecule has 0 saturated carbocycles. The summed E-state index contributed by atoms with van der Waals surface area (Å²) in [6.07, 6.45) is 4.23. The van der Waals surface area contributed by atoms with E-state index in [1.807, 2.05) is 0 Å². The molecule has 0 spiro atoms. The third kappa shape index (κ3) is 5.98. The second-order valence-corrected chi connectivity index (χ2v) is 6.64. The van der Waals surface area contributed by atoms with Crippen LogP contribution in [0, 0.1) is 0 Å². The third-order valence-electron chi connectivity index (χ3n) is 2.50. The highest BCUT2D eigenvalue weighted by atomic mass is 32.7. The van der Waals surface area contributed by atoms with Crippen molar-refractivity contribution in [2.24, 2.45) is 0 Å². The molecule has 4 nitrogen and oxygen atoms in total. The second kappa shape index (κ2) is 6.31. The Kier molecular flexibility index (Phi) is 5.71. The summed E-state index contributed by atoms with van der Waals surface area (Å²) in [5.74, 6) is 0. The molecule has 1 heterocycles. The lowest BCUT2D eigenvalue weighted by Gasteiger charge is -2.13. The van der Waals surface area contributed by atoms with Crippen LogP contribution in [-0.2, 0) is 13.8 Å². The van der Waals surface area contributed by atoms with Crippen LogP contribution in [-0.4, -0.2) is 30.9 Å². The van der Waals surface area contributed by atoms with Gasteiger partial charge in [0.1, 0.15) is 0 Å². The van der Waals surface area contributed by atoms with Gasteiger partial charge < -0.3 is 9.63 Å². The normalized spacial score (nSPS) is 30.1. The summed E-state index contributed by atoms with van der Waals surface area (Å²) < 4.78 is 21.2. The summed E-state index contributed by atoms with van der Waals surface area (Å²) in [4.78, 5) is 8.83. The van der Waals surface area contributed by atoms with E-state index in [-0.39, 0.29) is 12.7 Å². The van der Waals surface area contributed by atoms with E-state index in [1.54, 1.807) is 0 Å². The van der Waals surface area contributed by atoms with Gasteiger partial charge in [-0.25, -0.2) is 4.57 Å². The molecule has 7 heteroatoms. The first kappa shape index (κ1) is 13.6. The van der Waals surface area contributed by atoms with Gasteiger partial charge in [0.25, 0.3) is 0 Å². The van der Waals surface area contributed by atoms with Gasteiger partial charge in [-0.1, -0.05) is 31.9 Å². The quantitative estimate of drug-likeness (QED) is 0.430. The van der Waals surface area contributed by atoms with Crippen molar-refractivity contribution in [1.29, 1.82) is 0 Å². The summed E-state index contributed by atoms with van der Waals surface area (Å²) in [7, 11) is 1.07. The first-order valence-corrected chi connectivity index (χ1v) is 8.10. The average Bonchev–Trinajstić information content (AvgIpc) is 2.58. The van der Waals surface area contributed by atoms with E-state index < -0.39 is 6.80 Å². The van der Waals surface area contributed by atoms with Crippen molar-refractivity contribution in [3.63, 3.8) is 0 Å². The van der Waals surface area contributed by atoms with Crippen molar-refractivity contribution in [3.8, 4) is 0 Å². The largest absolute Gasteiger partial charge is 0.383 e. The molecule has 1 saturated heterocycles. The maximum Gasteiger partial charge on any atom is 0.383 e. The zero-order valence-electron chi connectivity index (χ0n) is 8.96. The third-order valence-corrected chi connectivity index (χ3v) is 3.34. The second-order valence-electron chi connectivity index (χ2n) is 3.89. The molecule has 0 bridgehead atoms. The standard InChI is InChI=1S/C8H18BO4PS/c1-2-5-9-8-4-3-7(13-8)6-12-14(10,11)15/h7-9H,2-6H2,1H3,(H2,10,11,15)/t7-,8+/m0/s1. The Bertz CT molecular complexity index is 235. The maximum atomic E-state index is 10.8. The van der Waals surface area contributed by atoms with E-state index >= 15 is 0 Å². The zero-order valence-corrected chi connectivity index (χ0v) is 10.8.